The van der Waals surface area contributed by atoms with Gasteiger partial charge in [-0.2, -0.15) is 0 Å². The van der Waals surface area contributed by atoms with Gasteiger partial charge >= 0.3 is 0 Å². The molecule has 39 heavy (non-hydrogen) atoms. The van der Waals surface area contributed by atoms with Gasteiger partial charge in [-0.05, 0) is 80.9 Å². The number of carbonyl (C=O) groups excluding carboxylic acids is 3. The Morgan fingerprint density at radius 2 is 1.82 bits per heavy atom. The second-order valence-corrected chi connectivity index (χ2v) is 13.1. The molecule has 0 spiro atoms. The van der Waals surface area contributed by atoms with Gasteiger partial charge in [0.1, 0.15) is 0 Å². The van der Waals surface area contributed by atoms with Crippen molar-refractivity contribution in [2.24, 2.45) is 23.2 Å². The predicted molar refractivity (Wildman–Crippen MR) is 157 cm³/mol. The van der Waals surface area contributed by atoms with E-state index in [0.29, 0.717) is 29.0 Å². The Bertz CT molecular complexity index is 1060. The lowest BCUT2D eigenvalue weighted by Crippen LogP contribution is -2.58. The molecule has 1 aliphatic carbocycles. The molecule has 0 aromatic heterocycles. The van der Waals surface area contributed by atoms with Gasteiger partial charge < -0.3 is 20.4 Å². The third-order valence-corrected chi connectivity index (χ3v) is 10.1. The summed E-state index contributed by atoms with van der Waals surface area (Å²) in [5, 5.41) is 6.79. The van der Waals surface area contributed by atoms with Crippen LogP contribution in [0.5, 0.6) is 0 Å². The van der Waals surface area contributed by atoms with Gasteiger partial charge in [0.2, 0.25) is 11.8 Å². The number of piperidine rings is 2. The second-order valence-electron chi connectivity index (χ2n) is 12.6. The van der Waals surface area contributed by atoms with Crippen LogP contribution in [0.2, 0.25) is 5.02 Å². The molecule has 216 valence electrons. The first kappa shape index (κ1) is 29.7. The van der Waals surface area contributed by atoms with Crippen molar-refractivity contribution in [3.8, 4) is 0 Å². The van der Waals surface area contributed by atoms with Crippen molar-refractivity contribution in [2.75, 3.05) is 38.1 Å². The fraction of sp³-hybridized carbons (Fsp3) is 0.710. The minimum atomic E-state index is -0.247. The van der Waals surface area contributed by atoms with Crippen LogP contribution in [-0.4, -0.2) is 61.9 Å². The number of carbonyl (C=O) groups is 3. The van der Waals surface area contributed by atoms with E-state index in [-0.39, 0.29) is 35.1 Å². The maximum absolute atomic E-state index is 13.5. The van der Waals surface area contributed by atoms with Gasteiger partial charge in [-0.25, -0.2) is 0 Å². The Kier molecular flexibility index (Phi) is 9.51. The Hall–Kier alpha value is -2.28. The molecule has 1 saturated carbocycles. The summed E-state index contributed by atoms with van der Waals surface area (Å²) >= 11 is 6.53. The molecule has 3 amide bonds. The minimum absolute atomic E-state index is 0.0567. The Balaban J connectivity index is 1.45. The molecule has 8 heteroatoms. The first-order chi connectivity index (χ1) is 18.5. The van der Waals surface area contributed by atoms with Gasteiger partial charge in [0, 0.05) is 62.5 Å². The number of hydrogen-bond donors (Lipinski definition) is 2. The number of amides is 3. The molecule has 1 aromatic carbocycles. The summed E-state index contributed by atoms with van der Waals surface area (Å²) in [6, 6.07) is 3.81. The van der Waals surface area contributed by atoms with Gasteiger partial charge in [-0.15, -0.1) is 0 Å². The summed E-state index contributed by atoms with van der Waals surface area (Å²) in [5.41, 5.74) is 2.26. The molecular formula is C31H47ClN4O3. The lowest BCUT2D eigenvalue weighted by molar-refractivity contribution is -0.137. The quantitative estimate of drug-likeness (QED) is 0.483. The average Bonchev–Trinajstić information content (AvgIpc) is 2.89. The summed E-state index contributed by atoms with van der Waals surface area (Å²) in [5.74, 6) is 0.756. The SMILES string of the molecule is CC(=O)N1CCC(CN(C)c2cc(Cl)cc(C(=O)NCC3C(=O)NC(C)CC3(C)C3CCCCC3)c2C)CC1. The lowest BCUT2D eigenvalue weighted by Gasteiger charge is -2.49. The third-order valence-electron chi connectivity index (χ3n) is 9.84. The third kappa shape index (κ3) is 6.72. The van der Waals surface area contributed by atoms with Crippen LogP contribution in [0.1, 0.15) is 88.1 Å². The largest absolute Gasteiger partial charge is 0.374 e. The topological polar surface area (TPSA) is 81.8 Å². The van der Waals surface area contributed by atoms with E-state index in [1.54, 1.807) is 13.0 Å². The number of halogens is 1. The van der Waals surface area contributed by atoms with E-state index >= 15 is 0 Å². The van der Waals surface area contributed by atoms with Crippen molar-refractivity contribution in [2.45, 2.75) is 85.1 Å². The van der Waals surface area contributed by atoms with Gasteiger partial charge in [0.15, 0.2) is 0 Å². The molecule has 2 saturated heterocycles. The Morgan fingerprint density at radius 1 is 1.15 bits per heavy atom. The van der Waals surface area contributed by atoms with Crippen molar-refractivity contribution in [3.05, 3.63) is 28.3 Å². The molecular weight excluding hydrogens is 512 g/mol. The number of hydrogen-bond acceptors (Lipinski definition) is 4. The predicted octanol–water partition coefficient (Wildman–Crippen LogP) is 5.18. The second kappa shape index (κ2) is 12.5. The maximum Gasteiger partial charge on any atom is 0.251 e. The average molecular weight is 559 g/mol. The van der Waals surface area contributed by atoms with Crippen molar-refractivity contribution in [3.63, 3.8) is 0 Å². The van der Waals surface area contributed by atoms with Gasteiger partial charge in [-0.1, -0.05) is 37.8 Å². The van der Waals surface area contributed by atoms with Crippen LogP contribution < -0.4 is 15.5 Å². The highest BCUT2D eigenvalue weighted by Crippen LogP contribution is 2.48. The molecule has 3 fully saturated rings. The van der Waals surface area contributed by atoms with Crippen LogP contribution in [0.15, 0.2) is 12.1 Å². The summed E-state index contributed by atoms with van der Waals surface area (Å²) in [6.07, 6.45) is 8.94. The Labute approximate surface area is 239 Å². The van der Waals surface area contributed by atoms with Crippen LogP contribution in [0.25, 0.3) is 0 Å². The van der Waals surface area contributed by atoms with Gasteiger partial charge in [-0.3, -0.25) is 14.4 Å². The van der Waals surface area contributed by atoms with Crippen molar-refractivity contribution in [1.29, 1.82) is 0 Å². The molecule has 3 atom stereocenters. The fourth-order valence-electron chi connectivity index (χ4n) is 7.54. The molecule has 3 aliphatic rings. The van der Waals surface area contributed by atoms with Gasteiger partial charge in [0.25, 0.3) is 5.91 Å². The van der Waals surface area contributed by atoms with E-state index in [1.165, 1.54) is 19.3 Å². The molecule has 3 unspecified atom stereocenters. The molecule has 1 aromatic rings. The zero-order valence-electron chi connectivity index (χ0n) is 24.4. The van der Waals surface area contributed by atoms with Crippen LogP contribution in [0, 0.1) is 30.1 Å². The molecule has 0 bridgehead atoms. The summed E-state index contributed by atoms with van der Waals surface area (Å²) in [4.78, 5) is 42.5. The highest BCUT2D eigenvalue weighted by atomic mass is 35.5. The number of benzene rings is 1. The molecule has 2 aliphatic heterocycles. The van der Waals surface area contributed by atoms with E-state index in [2.05, 4.69) is 29.4 Å². The molecule has 7 nitrogen and oxygen atoms in total. The summed E-state index contributed by atoms with van der Waals surface area (Å²) in [7, 11) is 2.04. The number of likely N-dealkylation sites (tertiary alicyclic amines) is 1. The van der Waals surface area contributed by atoms with Gasteiger partial charge in [0.05, 0.1) is 5.92 Å². The van der Waals surface area contributed by atoms with E-state index in [9.17, 15) is 14.4 Å². The number of nitrogens with one attached hydrogen (secondary N) is 2. The monoisotopic (exact) mass is 558 g/mol. The summed E-state index contributed by atoms with van der Waals surface area (Å²) in [6.45, 7) is 10.7. The Morgan fingerprint density at radius 3 is 2.46 bits per heavy atom. The standard InChI is InChI=1S/C31H47ClN4O3/c1-20-17-31(4,24-9-7-6-8-10-24)27(30(39)34-20)18-33-29(38)26-15-25(32)16-28(21(26)2)35(5)19-23-11-13-36(14-12-23)22(3)37/h15-16,20,23-24,27H,6-14,17-19H2,1-5H3,(H,33,38)(H,34,39). The minimum Gasteiger partial charge on any atom is -0.374 e. The zero-order chi connectivity index (χ0) is 28.3. The zero-order valence-corrected chi connectivity index (χ0v) is 25.2. The van der Waals surface area contributed by atoms with Crippen LogP contribution in [-0.2, 0) is 9.59 Å². The van der Waals surface area contributed by atoms with Crippen molar-refractivity contribution in [1.82, 2.24) is 15.5 Å². The van der Waals surface area contributed by atoms with Crippen molar-refractivity contribution < 1.29 is 14.4 Å². The normalized spacial score (nSPS) is 26.7. The first-order valence-corrected chi connectivity index (χ1v) is 15.2. The molecule has 2 heterocycles. The maximum atomic E-state index is 13.5. The molecule has 0 radical (unpaired) electrons. The number of nitrogens with zero attached hydrogens (tertiary/aromatic N) is 2. The molecule has 4 rings (SSSR count). The van der Waals surface area contributed by atoms with E-state index in [0.717, 1.165) is 63.0 Å². The van der Waals surface area contributed by atoms with Crippen LogP contribution in [0.4, 0.5) is 5.69 Å². The van der Waals surface area contributed by atoms with E-state index < -0.39 is 0 Å². The smallest absolute Gasteiger partial charge is 0.251 e. The number of anilines is 1. The lowest BCUT2D eigenvalue weighted by atomic mass is 9.59. The number of rotatable bonds is 7. The van der Waals surface area contributed by atoms with Crippen LogP contribution >= 0.6 is 11.6 Å². The highest BCUT2D eigenvalue weighted by Gasteiger charge is 2.48. The van der Waals surface area contributed by atoms with Crippen molar-refractivity contribution >= 4 is 35.0 Å². The van der Waals surface area contributed by atoms with E-state index in [1.807, 2.05) is 24.9 Å². The fourth-order valence-corrected chi connectivity index (χ4v) is 7.75. The highest BCUT2D eigenvalue weighted by molar-refractivity contribution is 6.31. The summed E-state index contributed by atoms with van der Waals surface area (Å²) < 4.78 is 0. The van der Waals surface area contributed by atoms with Crippen LogP contribution in [0.3, 0.4) is 0 Å². The van der Waals surface area contributed by atoms with E-state index in [4.69, 9.17) is 11.6 Å². The first-order valence-electron chi connectivity index (χ1n) is 14.8. The molecule has 2 N–H and O–H groups in total.